The van der Waals surface area contributed by atoms with Crippen molar-refractivity contribution in [3.8, 4) is 22.6 Å². The second kappa shape index (κ2) is 11.7. The second-order valence-electron chi connectivity index (χ2n) is 11.4. The van der Waals surface area contributed by atoms with Crippen LogP contribution in [0.3, 0.4) is 0 Å². The first-order valence-corrected chi connectivity index (χ1v) is 14.7. The van der Waals surface area contributed by atoms with Gasteiger partial charge in [-0.2, -0.15) is 9.07 Å². The Balaban J connectivity index is 1.42. The van der Waals surface area contributed by atoms with Crippen molar-refractivity contribution >= 4 is 28.4 Å². The van der Waals surface area contributed by atoms with Gasteiger partial charge in [0.25, 0.3) is 5.95 Å². The average molecular weight is 611 g/mol. The number of ether oxygens (including phenoxy) is 1. The number of halogens is 3. The number of fused-ring (bicyclic) bond motifs is 3. The number of benzene rings is 3. The normalized spacial score (nSPS) is 17.1. The highest BCUT2D eigenvalue weighted by Crippen LogP contribution is 2.47. The van der Waals surface area contributed by atoms with E-state index in [1.165, 1.54) is 6.07 Å². The summed E-state index contributed by atoms with van der Waals surface area (Å²) in [6, 6.07) is 7.94. The molecule has 3 heterocycles. The number of aromatic hydroxyl groups is 1. The number of aryl methyl sites for hydroxylation is 1. The third kappa shape index (κ3) is 5.52. The summed E-state index contributed by atoms with van der Waals surface area (Å²) >= 11 is 7.25. The van der Waals surface area contributed by atoms with E-state index in [4.69, 9.17) is 16.3 Å². The predicted molar refractivity (Wildman–Crippen MR) is 160 cm³/mol. The van der Waals surface area contributed by atoms with Gasteiger partial charge in [-0.15, -0.1) is 0 Å². The summed E-state index contributed by atoms with van der Waals surface area (Å²) < 4.78 is 35.8. The molecule has 0 saturated carbocycles. The molecule has 0 bridgehead atoms. The summed E-state index contributed by atoms with van der Waals surface area (Å²) in [5.74, 6) is -0.509. The zero-order valence-electron chi connectivity index (χ0n) is 24.3. The molecule has 2 aliphatic heterocycles. The molecular weight excluding hydrogens is 578 g/mol. The number of carbonyl (C=O) groups is 1. The van der Waals surface area contributed by atoms with Crippen molar-refractivity contribution < 1.29 is 23.4 Å². The van der Waals surface area contributed by atoms with E-state index in [2.05, 4.69) is 26.2 Å². The largest absolute Gasteiger partial charge is 0.508 e. The van der Waals surface area contributed by atoms with Crippen LogP contribution in [0.1, 0.15) is 23.6 Å². The zero-order chi connectivity index (χ0) is 30.4. The first-order chi connectivity index (χ1) is 20.6. The summed E-state index contributed by atoms with van der Waals surface area (Å²) in [5.41, 5.74) is 3.84. The van der Waals surface area contributed by atoms with Gasteiger partial charge in [0.15, 0.2) is 0 Å². The Morgan fingerprint density at radius 2 is 2.02 bits per heavy atom. The molecule has 226 valence electrons. The van der Waals surface area contributed by atoms with E-state index in [1.807, 2.05) is 21.0 Å². The number of likely N-dealkylation sites (N-methyl/N-ethyl adjacent to an activating group) is 1. The Hall–Kier alpha value is -3.80. The van der Waals surface area contributed by atoms with Crippen LogP contribution in [-0.4, -0.2) is 93.8 Å². The van der Waals surface area contributed by atoms with Gasteiger partial charge >= 0.3 is 6.03 Å². The van der Waals surface area contributed by atoms with E-state index in [1.54, 1.807) is 23.1 Å². The molecule has 0 aliphatic carbocycles. The van der Waals surface area contributed by atoms with E-state index in [0.29, 0.717) is 66.5 Å². The first-order valence-electron chi connectivity index (χ1n) is 14.3. The number of nitrogens with zero attached hydrogens (tertiary/aromatic N) is 6. The molecule has 2 aliphatic rings. The maximum atomic E-state index is 15.1. The summed E-state index contributed by atoms with van der Waals surface area (Å²) in [6.07, 6.45) is 2.11. The smallest absolute Gasteiger partial charge is 0.346 e. The highest BCUT2D eigenvalue weighted by molar-refractivity contribution is 6.35. The molecule has 1 atom stereocenters. The van der Waals surface area contributed by atoms with Gasteiger partial charge in [0, 0.05) is 43.9 Å². The molecule has 0 spiro atoms. The summed E-state index contributed by atoms with van der Waals surface area (Å²) in [4.78, 5) is 18.9. The lowest BCUT2D eigenvalue weighted by atomic mass is 9.88. The number of piperazine rings is 1. The predicted octanol–water partition coefficient (Wildman–Crippen LogP) is 4.95. The quantitative estimate of drug-likeness (QED) is 0.342. The number of amides is 1. The van der Waals surface area contributed by atoms with Crippen molar-refractivity contribution in [3.63, 3.8) is 0 Å². The van der Waals surface area contributed by atoms with Crippen LogP contribution in [0.2, 0.25) is 5.02 Å². The van der Waals surface area contributed by atoms with Crippen LogP contribution in [0.15, 0.2) is 36.5 Å². The number of rotatable bonds is 5. The standard InChI is InChI=1S/C31H33ClF2N6O3/c1-4-23-25(33)6-5-18-12-22(41)13-24(27(18)23)28-19(7-8-37(2)3)11-20-14-38-9-10-39(31(42)40-16-26(34)35-36-40)15-21(38)17-43-30(20)29(28)32/h5-6,11-13,16,21,41H,4,7-10,14-15,17H2,1-3H3. The fraction of sp³-hybridized carbons (Fsp3) is 0.387. The molecule has 1 fully saturated rings. The number of phenols is 1. The van der Waals surface area contributed by atoms with Crippen molar-refractivity contribution in [1.29, 1.82) is 0 Å². The minimum Gasteiger partial charge on any atom is -0.508 e. The van der Waals surface area contributed by atoms with E-state index < -0.39 is 12.0 Å². The summed E-state index contributed by atoms with van der Waals surface area (Å²) in [6.45, 7) is 4.88. The molecular formula is C31H33ClF2N6O3. The van der Waals surface area contributed by atoms with E-state index >= 15 is 4.39 Å². The zero-order valence-corrected chi connectivity index (χ0v) is 25.0. The maximum Gasteiger partial charge on any atom is 0.346 e. The Morgan fingerprint density at radius 3 is 2.74 bits per heavy atom. The Bertz CT molecular complexity index is 1710. The summed E-state index contributed by atoms with van der Waals surface area (Å²) in [5, 5.41) is 19.5. The average Bonchev–Trinajstić information content (AvgIpc) is 3.32. The monoisotopic (exact) mass is 610 g/mol. The van der Waals surface area contributed by atoms with Gasteiger partial charge < -0.3 is 19.6 Å². The molecule has 1 amide bonds. The minimum atomic E-state index is -0.816. The number of hydrogen-bond acceptors (Lipinski definition) is 7. The highest BCUT2D eigenvalue weighted by atomic mass is 35.5. The molecule has 1 unspecified atom stereocenters. The first kappa shape index (κ1) is 29.3. The van der Waals surface area contributed by atoms with Gasteiger partial charge in [-0.05, 0) is 72.6 Å². The topological polar surface area (TPSA) is 87.0 Å². The van der Waals surface area contributed by atoms with Gasteiger partial charge in [-0.25, -0.2) is 9.18 Å². The molecule has 12 heteroatoms. The van der Waals surface area contributed by atoms with E-state index in [9.17, 15) is 14.3 Å². The van der Waals surface area contributed by atoms with Crippen LogP contribution >= 0.6 is 11.6 Å². The van der Waals surface area contributed by atoms with Gasteiger partial charge in [0.2, 0.25) is 0 Å². The SMILES string of the molecule is CCc1c(F)ccc2cc(O)cc(-c3c(CCN(C)C)cc4c(c3Cl)OCC3CN(C(=O)n5cc(F)nn5)CCN3C4)c12. The fourth-order valence-corrected chi connectivity index (χ4v) is 6.60. The third-order valence-electron chi connectivity index (χ3n) is 8.31. The lowest BCUT2D eigenvalue weighted by Crippen LogP contribution is -2.56. The van der Waals surface area contributed by atoms with Crippen LogP contribution < -0.4 is 4.74 Å². The van der Waals surface area contributed by atoms with Crippen LogP contribution in [0.4, 0.5) is 13.6 Å². The minimum absolute atomic E-state index is 0.0656. The van der Waals surface area contributed by atoms with Crippen molar-refractivity contribution in [2.75, 3.05) is 46.9 Å². The third-order valence-corrected chi connectivity index (χ3v) is 8.67. The van der Waals surface area contributed by atoms with Crippen LogP contribution in [0.5, 0.6) is 11.5 Å². The molecule has 4 aromatic rings. The fourth-order valence-electron chi connectivity index (χ4n) is 6.21. The van der Waals surface area contributed by atoms with E-state index in [0.717, 1.165) is 39.3 Å². The molecule has 6 rings (SSSR count). The van der Waals surface area contributed by atoms with Crippen LogP contribution in [0, 0.1) is 11.8 Å². The highest BCUT2D eigenvalue weighted by Gasteiger charge is 2.35. The molecule has 1 aromatic heterocycles. The number of hydrogen-bond donors (Lipinski definition) is 1. The summed E-state index contributed by atoms with van der Waals surface area (Å²) in [7, 11) is 4.00. The molecule has 1 N–H and O–H groups in total. The Morgan fingerprint density at radius 1 is 1.21 bits per heavy atom. The Labute approximate surface area is 253 Å². The molecule has 0 radical (unpaired) electrons. The van der Waals surface area contributed by atoms with Crippen molar-refractivity contribution in [1.82, 2.24) is 29.7 Å². The van der Waals surface area contributed by atoms with Crippen molar-refractivity contribution in [2.24, 2.45) is 0 Å². The van der Waals surface area contributed by atoms with Crippen LogP contribution in [0.25, 0.3) is 21.9 Å². The number of phenolic OH excluding ortho intramolecular Hbond substituents is 1. The van der Waals surface area contributed by atoms with Gasteiger partial charge in [-0.3, -0.25) is 4.90 Å². The van der Waals surface area contributed by atoms with Crippen molar-refractivity contribution in [2.45, 2.75) is 32.4 Å². The van der Waals surface area contributed by atoms with Crippen molar-refractivity contribution in [3.05, 3.63) is 70.0 Å². The molecule has 43 heavy (non-hydrogen) atoms. The van der Waals surface area contributed by atoms with Gasteiger partial charge in [0.1, 0.15) is 23.9 Å². The Kier molecular flexibility index (Phi) is 7.97. The van der Waals surface area contributed by atoms with Crippen LogP contribution in [-0.2, 0) is 19.4 Å². The maximum absolute atomic E-state index is 15.1. The van der Waals surface area contributed by atoms with Gasteiger partial charge in [0.05, 0.1) is 17.3 Å². The van der Waals surface area contributed by atoms with Gasteiger partial charge in [-0.1, -0.05) is 41.0 Å². The molecule has 1 saturated heterocycles. The molecule has 9 nitrogen and oxygen atoms in total. The second-order valence-corrected chi connectivity index (χ2v) is 11.8. The lowest BCUT2D eigenvalue weighted by Gasteiger charge is -2.39. The van der Waals surface area contributed by atoms with E-state index in [-0.39, 0.29) is 24.2 Å². The lowest BCUT2D eigenvalue weighted by molar-refractivity contribution is 0.0649. The molecule has 3 aromatic carbocycles. The number of carbonyl (C=O) groups excluding carboxylic acids is 1. The number of aromatic nitrogens is 3.